The summed E-state index contributed by atoms with van der Waals surface area (Å²) in [6, 6.07) is 2.74. The van der Waals surface area contributed by atoms with E-state index in [9.17, 15) is 14.4 Å². The molecule has 11 heteroatoms. The Morgan fingerprint density at radius 3 is 2.48 bits per heavy atom. The van der Waals surface area contributed by atoms with Crippen LogP contribution in [0.4, 0.5) is 5.69 Å². The van der Waals surface area contributed by atoms with Crippen LogP contribution in [-0.2, 0) is 14.3 Å². The van der Waals surface area contributed by atoms with Crippen molar-refractivity contribution < 1.29 is 29.0 Å². The summed E-state index contributed by atoms with van der Waals surface area (Å²) < 4.78 is 10.9. The summed E-state index contributed by atoms with van der Waals surface area (Å²) in [4.78, 5) is 40.4. The van der Waals surface area contributed by atoms with Crippen LogP contribution in [0.2, 0.25) is 5.02 Å². The quantitative estimate of drug-likeness (QED) is 0.491. The van der Waals surface area contributed by atoms with Crippen LogP contribution in [0.5, 0.6) is 5.75 Å². The topological polar surface area (TPSA) is 134 Å². The molecule has 2 heterocycles. The summed E-state index contributed by atoms with van der Waals surface area (Å²) in [5.41, 5.74) is 6.41. The van der Waals surface area contributed by atoms with Crippen molar-refractivity contribution in [2.75, 3.05) is 52.7 Å². The molecule has 0 aliphatic carbocycles. The van der Waals surface area contributed by atoms with E-state index in [-0.39, 0.29) is 47.0 Å². The number of ether oxygens (including phenoxy) is 2. The van der Waals surface area contributed by atoms with Crippen LogP contribution in [-0.4, -0.2) is 91.8 Å². The molecule has 0 spiro atoms. The molecule has 2 aliphatic rings. The maximum atomic E-state index is 12.9. The minimum Gasteiger partial charge on any atom is -0.496 e. The van der Waals surface area contributed by atoms with Gasteiger partial charge in [0, 0.05) is 39.4 Å². The van der Waals surface area contributed by atoms with Gasteiger partial charge >= 0.3 is 5.97 Å². The van der Waals surface area contributed by atoms with E-state index in [1.54, 1.807) is 12.0 Å². The maximum Gasteiger partial charge on any atom is 0.306 e. The Morgan fingerprint density at radius 2 is 1.88 bits per heavy atom. The number of hydrogen-bond donors (Lipinski definition) is 3. The van der Waals surface area contributed by atoms with Gasteiger partial charge in [0.15, 0.2) is 0 Å². The number of aliphatic carboxylic acids is 1. The second kappa shape index (κ2) is 11.0. The van der Waals surface area contributed by atoms with Gasteiger partial charge in [0.25, 0.3) is 5.91 Å². The molecule has 1 aromatic rings. The molecule has 0 aromatic heterocycles. The average Bonchev–Trinajstić information content (AvgIpc) is 2.81. The molecule has 1 aromatic carbocycles. The third-order valence-electron chi connectivity index (χ3n) is 6.38. The first-order valence-electron chi connectivity index (χ1n) is 10.9. The molecule has 33 heavy (non-hydrogen) atoms. The minimum atomic E-state index is -0.798. The highest BCUT2D eigenvalue weighted by molar-refractivity contribution is 6.33. The van der Waals surface area contributed by atoms with E-state index in [0.29, 0.717) is 56.9 Å². The summed E-state index contributed by atoms with van der Waals surface area (Å²) in [6.07, 6.45) is 1.26. The highest BCUT2D eigenvalue weighted by Gasteiger charge is 2.33. The zero-order valence-corrected chi connectivity index (χ0v) is 19.6. The molecule has 0 unspecified atom stereocenters. The van der Waals surface area contributed by atoms with Gasteiger partial charge in [0.2, 0.25) is 5.91 Å². The number of carboxylic acids is 1. The van der Waals surface area contributed by atoms with Crippen LogP contribution in [0, 0.1) is 5.92 Å². The number of nitrogen functional groups attached to an aromatic ring is 1. The molecule has 10 nitrogen and oxygen atoms in total. The van der Waals surface area contributed by atoms with Crippen LogP contribution in [0.3, 0.4) is 0 Å². The van der Waals surface area contributed by atoms with Crippen LogP contribution in [0.15, 0.2) is 12.1 Å². The molecule has 2 fully saturated rings. The lowest BCUT2D eigenvalue weighted by Gasteiger charge is -2.39. The number of halogens is 1. The summed E-state index contributed by atoms with van der Waals surface area (Å²) in [7, 11) is 3.03. The van der Waals surface area contributed by atoms with Gasteiger partial charge in [-0.15, -0.1) is 0 Å². The first-order valence-corrected chi connectivity index (χ1v) is 11.3. The van der Waals surface area contributed by atoms with E-state index < -0.39 is 5.97 Å². The van der Waals surface area contributed by atoms with E-state index in [1.165, 1.54) is 19.2 Å². The largest absolute Gasteiger partial charge is 0.496 e. The zero-order valence-electron chi connectivity index (χ0n) is 18.9. The van der Waals surface area contributed by atoms with E-state index in [4.69, 9.17) is 31.9 Å². The smallest absolute Gasteiger partial charge is 0.306 e. The number of benzene rings is 1. The standard InChI is InChI=1S/C22H31ClN4O6/c1-32-18-10-16(24)15(23)9-14(18)21(29)25-17-5-6-26(11-19(17)33-2)12-20(28)27-7-3-13(4-8-27)22(30)31/h9-10,13,17,19H,3-8,11-12,24H2,1-2H3,(H,25,29)(H,30,31)/t17-,19+/m1/s1. The van der Waals surface area contributed by atoms with Crippen molar-refractivity contribution in [1.29, 1.82) is 0 Å². The number of hydrogen-bond acceptors (Lipinski definition) is 7. The summed E-state index contributed by atoms with van der Waals surface area (Å²) in [5.74, 6) is -1.20. The van der Waals surface area contributed by atoms with Crippen LogP contribution in [0.25, 0.3) is 0 Å². The fourth-order valence-corrected chi connectivity index (χ4v) is 4.52. The number of carbonyl (C=O) groups excluding carboxylic acids is 2. The monoisotopic (exact) mass is 482 g/mol. The van der Waals surface area contributed by atoms with Gasteiger partial charge in [-0.2, -0.15) is 0 Å². The fourth-order valence-electron chi connectivity index (χ4n) is 4.36. The van der Waals surface area contributed by atoms with Gasteiger partial charge < -0.3 is 30.5 Å². The number of piperidine rings is 2. The van der Waals surface area contributed by atoms with Crippen molar-refractivity contribution in [2.24, 2.45) is 5.92 Å². The molecular formula is C22H31ClN4O6. The summed E-state index contributed by atoms with van der Waals surface area (Å²) >= 11 is 6.08. The maximum absolute atomic E-state index is 12.9. The molecule has 2 amide bonds. The molecule has 4 N–H and O–H groups in total. The highest BCUT2D eigenvalue weighted by atomic mass is 35.5. The third kappa shape index (κ3) is 6.07. The molecule has 0 radical (unpaired) electrons. The Bertz CT molecular complexity index is 890. The Labute approximate surface area is 197 Å². The predicted molar refractivity (Wildman–Crippen MR) is 122 cm³/mol. The molecule has 182 valence electrons. The van der Waals surface area contributed by atoms with Gasteiger partial charge in [-0.25, -0.2) is 0 Å². The van der Waals surface area contributed by atoms with Gasteiger partial charge in [0.05, 0.1) is 48.0 Å². The van der Waals surface area contributed by atoms with Crippen LogP contribution < -0.4 is 15.8 Å². The SMILES string of the molecule is COc1cc(N)c(Cl)cc1C(=O)N[C@@H]1CCN(CC(=O)N2CCC(C(=O)O)CC2)C[C@@H]1OC. The van der Waals surface area contributed by atoms with Crippen molar-refractivity contribution >= 4 is 35.1 Å². The van der Waals surface area contributed by atoms with E-state index in [0.717, 1.165) is 0 Å². The first-order chi connectivity index (χ1) is 15.7. The summed E-state index contributed by atoms with van der Waals surface area (Å²) in [6.45, 7) is 2.25. The van der Waals surface area contributed by atoms with E-state index in [1.807, 2.05) is 4.90 Å². The number of carbonyl (C=O) groups is 3. The predicted octanol–water partition coefficient (Wildman–Crippen LogP) is 1.07. The Balaban J connectivity index is 1.55. The minimum absolute atomic E-state index is 0.0163. The fraction of sp³-hybridized carbons (Fsp3) is 0.591. The van der Waals surface area contributed by atoms with E-state index >= 15 is 0 Å². The number of likely N-dealkylation sites (tertiary alicyclic amines) is 2. The lowest BCUT2D eigenvalue weighted by Crippen LogP contribution is -2.56. The number of amides is 2. The molecule has 3 rings (SSSR count). The van der Waals surface area contributed by atoms with E-state index in [2.05, 4.69) is 5.32 Å². The normalized spacial score (nSPS) is 22.1. The Hall–Kier alpha value is -2.56. The third-order valence-corrected chi connectivity index (χ3v) is 6.71. The Morgan fingerprint density at radius 1 is 1.18 bits per heavy atom. The number of methoxy groups -OCH3 is 2. The van der Waals surface area contributed by atoms with Gasteiger partial charge in [-0.05, 0) is 25.3 Å². The molecule has 0 bridgehead atoms. The Kier molecular flexibility index (Phi) is 8.39. The van der Waals surface area contributed by atoms with Crippen LogP contribution >= 0.6 is 11.6 Å². The second-order valence-corrected chi connectivity index (χ2v) is 8.85. The number of anilines is 1. The van der Waals surface area contributed by atoms with Gasteiger partial charge in [-0.3, -0.25) is 19.3 Å². The molecule has 2 saturated heterocycles. The molecular weight excluding hydrogens is 452 g/mol. The summed E-state index contributed by atoms with van der Waals surface area (Å²) in [5, 5.41) is 12.4. The molecule has 0 saturated carbocycles. The number of nitrogens with two attached hydrogens (primary N) is 1. The van der Waals surface area contributed by atoms with Gasteiger partial charge in [-0.1, -0.05) is 11.6 Å². The van der Waals surface area contributed by atoms with Gasteiger partial charge in [0.1, 0.15) is 5.75 Å². The number of nitrogens with one attached hydrogen (secondary N) is 1. The van der Waals surface area contributed by atoms with Crippen molar-refractivity contribution in [3.05, 3.63) is 22.7 Å². The zero-order chi connectivity index (χ0) is 24.1. The number of nitrogens with zero attached hydrogens (tertiary/aromatic N) is 2. The second-order valence-electron chi connectivity index (χ2n) is 8.45. The number of rotatable bonds is 7. The highest BCUT2D eigenvalue weighted by Crippen LogP contribution is 2.29. The van der Waals surface area contributed by atoms with Crippen LogP contribution in [0.1, 0.15) is 29.6 Å². The van der Waals surface area contributed by atoms with Crippen molar-refractivity contribution in [3.8, 4) is 5.75 Å². The lowest BCUT2D eigenvalue weighted by atomic mass is 9.97. The molecule has 2 aliphatic heterocycles. The van der Waals surface area contributed by atoms with Crippen molar-refractivity contribution in [1.82, 2.24) is 15.1 Å². The lowest BCUT2D eigenvalue weighted by molar-refractivity contribution is -0.146. The number of carboxylic acid groups (broad SMARTS) is 1. The molecule has 2 atom stereocenters. The van der Waals surface area contributed by atoms with Crippen molar-refractivity contribution in [2.45, 2.75) is 31.4 Å². The van der Waals surface area contributed by atoms with Crippen molar-refractivity contribution in [3.63, 3.8) is 0 Å². The first kappa shape index (κ1) is 25.1. The average molecular weight is 483 g/mol.